The largest absolute Gasteiger partial charge is 0.464 e. The molecule has 0 aliphatic rings. The minimum absolute atomic E-state index is 0.131. The summed E-state index contributed by atoms with van der Waals surface area (Å²) in [5.41, 5.74) is 1.50. The highest BCUT2D eigenvalue weighted by molar-refractivity contribution is 6.31. The van der Waals surface area contributed by atoms with Gasteiger partial charge in [0, 0.05) is 11.5 Å². The quantitative estimate of drug-likeness (QED) is 0.611. The molecule has 0 atom stereocenters. The summed E-state index contributed by atoms with van der Waals surface area (Å²) in [7, 11) is 0. The van der Waals surface area contributed by atoms with Gasteiger partial charge in [-0.1, -0.05) is 11.6 Å². The van der Waals surface area contributed by atoms with Gasteiger partial charge in [-0.3, -0.25) is 0 Å². The van der Waals surface area contributed by atoms with Crippen LogP contribution in [-0.4, -0.2) is 0 Å². The lowest BCUT2D eigenvalue weighted by Gasteiger charge is -1.93. The lowest BCUT2D eigenvalue weighted by Crippen LogP contribution is -1.76. The molecule has 0 saturated carbocycles. The smallest absolute Gasteiger partial charge is 0.145 e. The Morgan fingerprint density at radius 2 is 2.17 bits per heavy atom. The van der Waals surface area contributed by atoms with E-state index in [2.05, 4.69) is 0 Å². The number of hydrogen-bond donors (Lipinski definition) is 0. The molecule has 3 heteroatoms. The molecule has 0 amide bonds. The van der Waals surface area contributed by atoms with Gasteiger partial charge in [0.2, 0.25) is 0 Å². The zero-order valence-electron chi connectivity index (χ0n) is 6.40. The summed E-state index contributed by atoms with van der Waals surface area (Å²) in [4.78, 5) is 0. The lowest BCUT2D eigenvalue weighted by atomic mass is 10.2. The molecule has 12 heavy (non-hydrogen) atoms. The maximum absolute atomic E-state index is 12.9. The highest BCUT2D eigenvalue weighted by Crippen LogP contribution is 2.26. The third-order valence-electron chi connectivity index (χ3n) is 1.81. The van der Waals surface area contributed by atoms with Gasteiger partial charge in [0.15, 0.2) is 0 Å². The molecule has 1 heterocycles. The molecule has 0 fully saturated rings. The first-order valence-corrected chi connectivity index (χ1v) is 3.89. The zero-order valence-corrected chi connectivity index (χ0v) is 7.15. The van der Waals surface area contributed by atoms with E-state index in [-0.39, 0.29) is 5.02 Å². The molecule has 0 unspecified atom stereocenters. The highest BCUT2D eigenvalue weighted by atomic mass is 35.5. The topological polar surface area (TPSA) is 13.1 Å². The van der Waals surface area contributed by atoms with Crippen LogP contribution in [0.4, 0.5) is 4.39 Å². The van der Waals surface area contributed by atoms with Crippen molar-refractivity contribution in [2.24, 2.45) is 0 Å². The fourth-order valence-electron chi connectivity index (χ4n) is 1.15. The van der Waals surface area contributed by atoms with Crippen molar-refractivity contribution in [3.63, 3.8) is 0 Å². The summed E-state index contributed by atoms with van der Waals surface area (Å²) in [5.74, 6) is -0.446. The van der Waals surface area contributed by atoms with Gasteiger partial charge in [-0.15, -0.1) is 0 Å². The van der Waals surface area contributed by atoms with E-state index in [1.165, 1.54) is 6.07 Å². The Morgan fingerprint density at radius 3 is 2.92 bits per heavy atom. The Kier molecular flexibility index (Phi) is 1.58. The molecule has 2 rings (SSSR count). The highest BCUT2D eigenvalue weighted by Gasteiger charge is 2.06. The van der Waals surface area contributed by atoms with Gasteiger partial charge in [0.1, 0.15) is 11.4 Å². The minimum atomic E-state index is -0.446. The van der Waals surface area contributed by atoms with Crippen LogP contribution in [0.5, 0.6) is 0 Å². The number of halogens is 2. The molecule has 0 aliphatic heterocycles. The Balaban J connectivity index is 2.87. The predicted molar refractivity (Wildman–Crippen MR) is 45.9 cm³/mol. The number of hydrogen-bond acceptors (Lipinski definition) is 1. The SMILES string of the molecule is Cc1coc2cc(F)c(Cl)cc12. The van der Waals surface area contributed by atoms with Crippen molar-refractivity contribution in [3.8, 4) is 0 Å². The molecule has 0 saturated heterocycles. The summed E-state index contributed by atoms with van der Waals surface area (Å²) in [6, 6.07) is 2.87. The van der Waals surface area contributed by atoms with Gasteiger partial charge in [-0.2, -0.15) is 0 Å². The average Bonchev–Trinajstić information content (AvgIpc) is 2.35. The number of fused-ring (bicyclic) bond motifs is 1. The van der Waals surface area contributed by atoms with Crippen LogP contribution < -0.4 is 0 Å². The van der Waals surface area contributed by atoms with Crippen molar-refractivity contribution in [2.45, 2.75) is 6.92 Å². The van der Waals surface area contributed by atoms with E-state index < -0.39 is 5.82 Å². The molecule has 62 valence electrons. The summed E-state index contributed by atoms with van der Waals surface area (Å²) < 4.78 is 18.0. The predicted octanol–water partition coefficient (Wildman–Crippen LogP) is 3.53. The van der Waals surface area contributed by atoms with Crippen LogP contribution in [0.1, 0.15) is 5.56 Å². The van der Waals surface area contributed by atoms with E-state index in [1.54, 1.807) is 12.3 Å². The van der Waals surface area contributed by atoms with Crippen LogP contribution in [0.25, 0.3) is 11.0 Å². The van der Waals surface area contributed by atoms with Gasteiger partial charge in [0.25, 0.3) is 0 Å². The first-order valence-electron chi connectivity index (χ1n) is 3.51. The monoisotopic (exact) mass is 184 g/mol. The third-order valence-corrected chi connectivity index (χ3v) is 2.10. The van der Waals surface area contributed by atoms with E-state index >= 15 is 0 Å². The third kappa shape index (κ3) is 0.994. The second kappa shape index (κ2) is 2.49. The van der Waals surface area contributed by atoms with Crippen LogP contribution in [0.3, 0.4) is 0 Å². The number of rotatable bonds is 0. The Hall–Kier alpha value is -1.02. The van der Waals surface area contributed by atoms with Gasteiger partial charge in [0.05, 0.1) is 11.3 Å². The standard InChI is InChI=1S/C9H6ClFO/c1-5-4-12-9-3-8(11)7(10)2-6(5)9/h2-4H,1H3. The Labute approximate surface area is 73.7 Å². The maximum Gasteiger partial charge on any atom is 0.145 e. The van der Waals surface area contributed by atoms with Crippen LogP contribution in [0.2, 0.25) is 5.02 Å². The number of furan rings is 1. The maximum atomic E-state index is 12.9. The molecule has 0 N–H and O–H groups in total. The van der Waals surface area contributed by atoms with Crippen LogP contribution >= 0.6 is 11.6 Å². The Morgan fingerprint density at radius 1 is 1.42 bits per heavy atom. The van der Waals surface area contributed by atoms with Gasteiger partial charge in [-0.05, 0) is 18.6 Å². The molecule has 1 nitrogen and oxygen atoms in total. The minimum Gasteiger partial charge on any atom is -0.464 e. The fraction of sp³-hybridized carbons (Fsp3) is 0.111. The van der Waals surface area contributed by atoms with E-state index in [1.807, 2.05) is 6.92 Å². The first kappa shape index (κ1) is 7.62. The average molecular weight is 185 g/mol. The van der Waals surface area contributed by atoms with Crippen LogP contribution in [-0.2, 0) is 0 Å². The second-order valence-electron chi connectivity index (χ2n) is 2.68. The number of aryl methyl sites for hydroxylation is 1. The summed E-state index contributed by atoms with van der Waals surface area (Å²) >= 11 is 5.60. The van der Waals surface area contributed by atoms with Crippen molar-refractivity contribution in [3.05, 3.63) is 34.8 Å². The summed E-state index contributed by atoms with van der Waals surface area (Å²) in [6.45, 7) is 1.89. The molecule has 2 aromatic rings. The number of benzene rings is 1. The second-order valence-corrected chi connectivity index (χ2v) is 3.09. The molecule has 1 aromatic heterocycles. The molecule has 0 aliphatic carbocycles. The van der Waals surface area contributed by atoms with Gasteiger partial charge >= 0.3 is 0 Å². The molecular weight excluding hydrogens is 179 g/mol. The van der Waals surface area contributed by atoms with Crippen molar-refractivity contribution in [1.82, 2.24) is 0 Å². The Bertz CT molecular complexity index is 433. The molecular formula is C9H6ClFO. The lowest BCUT2D eigenvalue weighted by molar-refractivity contribution is 0.597. The van der Waals surface area contributed by atoms with Gasteiger partial charge in [-0.25, -0.2) is 4.39 Å². The van der Waals surface area contributed by atoms with Crippen molar-refractivity contribution in [1.29, 1.82) is 0 Å². The van der Waals surface area contributed by atoms with Crippen LogP contribution in [0, 0.1) is 12.7 Å². The van der Waals surface area contributed by atoms with Crippen molar-refractivity contribution >= 4 is 22.6 Å². The fourth-order valence-corrected chi connectivity index (χ4v) is 1.31. The first-order chi connectivity index (χ1) is 5.68. The molecule has 0 spiro atoms. The molecule has 1 aromatic carbocycles. The van der Waals surface area contributed by atoms with Crippen LogP contribution in [0.15, 0.2) is 22.8 Å². The zero-order chi connectivity index (χ0) is 8.72. The van der Waals surface area contributed by atoms with Crippen molar-refractivity contribution < 1.29 is 8.81 Å². The van der Waals surface area contributed by atoms with E-state index in [9.17, 15) is 4.39 Å². The summed E-state index contributed by atoms with van der Waals surface area (Å²) in [6.07, 6.45) is 1.58. The van der Waals surface area contributed by atoms with E-state index in [4.69, 9.17) is 16.0 Å². The van der Waals surface area contributed by atoms with Gasteiger partial charge < -0.3 is 4.42 Å². The van der Waals surface area contributed by atoms with E-state index in [0.29, 0.717) is 5.58 Å². The summed E-state index contributed by atoms with van der Waals surface area (Å²) in [5, 5.41) is 0.994. The van der Waals surface area contributed by atoms with E-state index in [0.717, 1.165) is 10.9 Å². The molecule has 0 radical (unpaired) electrons. The molecule has 0 bridgehead atoms. The van der Waals surface area contributed by atoms with Crippen molar-refractivity contribution in [2.75, 3.05) is 0 Å². The normalized spacial score (nSPS) is 10.9.